The minimum atomic E-state index is -0.316. The van der Waals surface area contributed by atoms with Gasteiger partial charge in [-0.2, -0.15) is 5.10 Å². The summed E-state index contributed by atoms with van der Waals surface area (Å²) < 4.78 is 5.45. The maximum atomic E-state index is 12.0. The maximum Gasteiger partial charge on any atom is 0.339 e. The molecule has 0 saturated carbocycles. The number of rotatable bonds is 3. The smallest absolute Gasteiger partial charge is 0.339 e. The van der Waals surface area contributed by atoms with Crippen LogP contribution in [0.4, 0.5) is 5.69 Å². The lowest BCUT2D eigenvalue weighted by molar-refractivity contribution is 0.0389. The lowest BCUT2D eigenvalue weighted by atomic mass is 9.97. The molecule has 2 aromatic rings. The number of hydrazone groups is 1. The number of carbonyl (C=O) groups is 1. The maximum absolute atomic E-state index is 12.0. The quantitative estimate of drug-likeness (QED) is 0.533. The molecule has 4 heteroatoms. The van der Waals surface area contributed by atoms with Gasteiger partial charge in [-0.05, 0) is 30.7 Å². The fraction of sp³-hybridized carbons (Fsp3) is 0.176. The van der Waals surface area contributed by atoms with E-state index in [1.807, 2.05) is 55.5 Å². The number of hydrogen-bond donors (Lipinski definition) is 1. The number of nitrogens with one attached hydrogen (secondary N) is 1. The first kappa shape index (κ1) is 13.4. The highest BCUT2D eigenvalue weighted by atomic mass is 16.5. The molecule has 1 atom stereocenters. The zero-order chi connectivity index (χ0) is 14.7. The van der Waals surface area contributed by atoms with Crippen molar-refractivity contribution in [3.05, 3.63) is 65.7 Å². The van der Waals surface area contributed by atoms with Crippen molar-refractivity contribution in [2.75, 3.05) is 5.43 Å². The van der Waals surface area contributed by atoms with Crippen molar-refractivity contribution in [2.24, 2.45) is 5.10 Å². The topological polar surface area (TPSA) is 50.7 Å². The molecule has 4 nitrogen and oxygen atoms in total. The van der Waals surface area contributed by atoms with Crippen LogP contribution in [0.3, 0.4) is 0 Å². The van der Waals surface area contributed by atoms with Crippen LogP contribution < -0.4 is 5.43 Å². The van der Waals surface area contributed by atoms with Crippen molar-refractivity contribution in [1.29, 1.82) is 0 Å². The molecule has 0 aliphatic carbocycles. The SMILES string of the molecule is C/C(=N\Nc1ccccc1)[C@H]1Cc2ccccc2C(=O)O1. The van der Waals surface area contributed by atoms with Crippen molar-refractivity contribution < 1.29 is 9.53 Å². The minimum absolute atomic E-state index is 0.281. The Bertz CT molecular complexity index is 680. The van der Waals surface area contributed by atoms with E-state index in [-0.39, 0.29) is 12.1 Å². The second-order valence-electron chi connectivity index (χ2n) is 4.99. The first-order valence-corrected chi connectivity index (χ1v) is 6.88. The van der Waals surface area contributed by atoms with Crippen LogP contribution in [0.25, 0.3) is 0 Å². The molecule has 1 N–H and O–H groups in total. The van der Waals surface area contributed by atoms with Crippen molar-refractivity contribution in [3.63, 3.8) is 0 Å². The van der Waals surface area contributed by atoms with Crippen LogP contribution >= 0.6 is 0 Å². The van der Waals surface area contributed by atoms with Crippen molar-refractivity contribution in [1.82, 2.24) is 0 Å². The van der Waals surface area contributed by atoms with E-state index >= 15 is 0 Å². The van der Waals surface area contributed by atoms with Gasteiger partial charge in [0.1, 0.15) is 6.10 Å². The average Bonchev–Trinajstić information content (AvgIpc) is 2.53. The van der Waals surface area contributed by atoms with E-state index in [9.17, 15) is 4.79 Å². The van der Waals surface area contributed by atoms with Crippen LogP contribution in [0.2, 0.25) is 0 Å². The summed E-state index contributed by atoms with van der Waals surface area (Å²) in [4.78, 5) is 12.0. The highest BCUT2D eigenvalue weighted by Crippen LogP contribution is 2.21. The van der Waals surface area contributed by atoms with Gasteiger partial charge in [0.25, 0.3) is 0 Å². The molecule has 0 fully saturated rings. The molecule has 0 unspecified atom stereocenters. The van der Waals surface area contributed by atoms with Gasteiger partial charge in [-0.15, -0.1) is 0 Å². The third-order valence-corrected chi connectivity index (χ3v) is 3.49. The summed E-state index contributed by atoms with van der Waals surface area (Å²) in [5.41, 5.74) is 6.29. The summed E-state index contributed by atoms with van der Waals surface area (Å²) in [5.74, 6) is -0.281. The lowest BCUT2D eigenvalue weighted by Gasteiger charge is -2.24. The van der Waals surface area contributed by atoms with E-state index in [4.69, 9.17) is 4.74 Å². The van der Waals surface area contributed by atoms with Crippen LogP contribution in [-0.4, -0.2) is 17.8 Å². The summed E-state index contributed by atoms with van der Waals surface area (Å²) in [6, 6.07) is 17.2. The third kappa shape index (κ3) is 2.94. The Morgan fingerprint density at radius 3 is 2.67 bits per heavy atom. The number of cyclic esters (lactones) is 1. The molecule has 0 aromatic heterocycles. The molecular weight excluding hydrogens is 264 g/mol. The number of carbonyl (C=O) groups excluding carboxylic acids is 1. The van der Waals surface area contributed by atoms with Crippen molar-refractivity contribution in [2.45, 2.75) is 19.4 Å². The summed E-state index contributed by atoms with van der Waals surface area (Å²) in [7, 11) is 0. The number of benzene rings is 2. The molecule has 21 heavy (non-hydrogen) atoms. The first-order chi connectivity index (χ1) is 10.2. The zero-order valence-electron chi connectivity index (χ0n) is 11.7. The minimum Gasteiger partial charge on any atom is -0.452 e. The monoisotopic (exact) mass is 280 g/mol. The lowest BCUT2D eigenvalue weighted by Crippen LogP contribution is -2.33. The summed E-state index contributed by atoms with van der Waals surface area (Å²) in [5, 5.41) is 4.31. The number of hydrogen-bond acceptors (Lipinski definition) is 4. The molecule has 3 rings (SSSR count). The van der Waals surface area contributed by atoms with Gasteiger partial charge in [0, 0.05) is 6.42 Å². The van der Waals surface area contributed by atoms with Gasteiger partial charge < -0.3 is 4.74 Å². The van der Waals surface area contributed by atoms with Gasteiger partial charge in [-0.3, -0.25) is 5.43 Å². The van der Waals surface area contributed by atoms with Gasteiger partial charge in [-0.1, -0.05) is 36.4 Å². The van der Waals surface area contributed by atoms with Gasteiger partial charge in [0.2, 0.25) is 0 Å². The van der Waals surface area contributed by atoms with Crippen LogP contribution in [0.1, 0.15) is 22.8 Å². The van der Waals surface area contributed by atoms with Crippen molar-refractivity contribution in [3.8, 4) is 0 Å². The number of ether oxygens (including phenoxy) is 1. The number of fused-ring (bicyclic) bond motifs is 1. The first-order valence-electron chi connectivity index (χ1n) is 6.88. The fourth-order valence-electron chi connectivity index (χ4n) is 2.30. The Labute approximate surface area is 123 Å². The van der Waals surface area contributed by atoms with Gasteiger partial charge in [0.05, 0.1) is 17.0 Å². The second-order valence-corrected chi connectivity index (χ2v) is 4.99. The van der Waals surface area contributed by atoms with E-state index in [2.05, 4.69) is 10.5 Å². The summed E-state index contributed by atoms with van der Waals surface area (Å²) >= 11 is 0. The van der Waals surface area contributed by atoms with Crippen LogP contribution in [0, 0.1) is 0 Å². The van der Waals surface area contributed by atoms with Gasteiger partial charge >= 0.3 is 5.97 Å². The van der Waals surface area contributed by atoms with E-state index in [0.717, 1.165) is 17.0 Å². The molecule has 0 amide bonds. The molecule has 106 valence electrons. The van der Waals surface area contributed by atoms with Gasteiger partial charge in [-0.25, -0.2) is 4.79 Å². The second kappa shape index (κ2) is 5.79. The highest BCUT2D eigenvalue weighted by molar-refractivity contribution is 5.97. The number of nitrogens with zero attached hydrogens (tertiary/aromatic N) is 1. The molecule has 1 heterocycles. The summed E-state index contributed by atoms with van der Waals surface area (Å²) in [6.07, 6.45) is 0.344. The Morgan fingerprint density at radius 2 is 1.86 bits per heavy atom. The van der Waals surface area contributed by atoms with E-state index in [1.54, 1.807) is 6.07 Å². The van der Waals surface area contributed by atoms with Crippen LogP contribution in [0.5, 0.6) is 0 Å². The number of esters is 1. The Morgan fingerprint density at radius 1 is 1.14 bits per heavy atom. The van der Waals surface area contributed by atoms with Crippen LogP contribution in [-0.2, 0) is 11.2 Å². The average molecular weight is 280 g/mol. The molecule has 0 bridgehead atoms. The largest absolute Gasteiger partial charge is 0.452 e. The molecule has 1 aliphatic rings. The predicted octanol–water partition coefficient (Wildman–Crippen LogP) is 3.26. The fourth-order valence-corrected chi connectivity index (χ4v) is 2.30. The molecular formula is C17H16N2O2. The number of anilines is 1. The third-order valence-electron chi connectivity index (χ3n) is 3.49. The highest BCUT2D eigenvalue weighted by Gasteiger charge is 2.27. The standard InChI is InChI=1S/C17H16N2O2/c1-12(18-19-14-8-3-2-4-9-14)16-11-13-7-5-6-10-15(13)17(20)21-16/h2-10,16,19H,11H2,1H3/b18-12+/t16-/m1/s1. The Kier molecular flexibility index (Phi) is 3.69. The molecule has 0 radical (unpaired) electrons. The van der Waals surface area contributed by atoms with Crippen LogP contribution in [0.15, 0.2) is 59.7 Å². The molecule has 2 aromatic carbocycles. The Balaban J connectivity index is 1.74. The molecule has 0 saturated heterocycles. The Hall–Kier alpha value is -2.62. The number of para-hydroxylation sites is 1. The van der Waals surface area contributed by atoms with E-state index in [1.165, 1.54) is 0 Å². The zero-order valence-corrected chi connectivity index (χ0v) is 11.7. The molecule has 0 spiro atoms. The predicted molar refractivity (Wildman–Crippen MR) is 82.5 cm³/mol. The van der Waals surface area contributed by atoms with Gasteiger partial charge in [0.15, 0.2) is 0 Å². The van der Waals surface area contributed by atoms with E-state index in [0.29, 0.717) is 12.0 Å². The summed E-state index contributed by atoms with van der Waals surface area (Å²) in [6.45, 7) is 1.86. The normalized spacial score (nSPS) is 17.9. The van der Waals surface area contributed by atoms with E-state index < -0.39 is 0 Å². The molecule has 1 aliphatic heterocycles. The van der Waals surface area contributed by atoms with Crippen molar-refractivity contribution >= 4 is 17.4 Å².